The van der Waals surface area contributed by atoms with Crippen molar-refractivity contribution in [3.63, 3.8) is 0 Å². The van der Waals surface area contributed by atoms with Crippen LogP contribution in [0.3, 0.4) is 0 Å². The van der Waals surface area contributed by atoms with Crippen molar-refractivity contribution < 1.29 is 27.4 Å². The van der Waals surface area contributed by atoms with Crippen LogP contribution in [0.15, 0.2) is 18.2 Å². The second-order valence-electron chi connectivity index (χ2n) is 8.27. The maximum Gasteiger partial charge on any atom is 0.410 e. The van der Waals surface area contributed by atoms with E-state index in [1.54, 1.807) is 23.1 Å². The first-order valence-electron chi connectivity index (χ1n) is 10.9. The lowest BCUT2D eigenvalue weighted by atomic mass is 9.96. The molecule has 0 bridgehead atoms. The summed E-state index contributed by atoms with van der Waals surface area (Å²) in [6.45, 7) is 1.09. The van der Waals surface area contributed by atoms with Gasteiger partial charge in [0.2, 0.25) is 0 Å². The molecule has 180 valence electrons. The molecule has 0 aliphatic carbocycles. The van der Waals surface area contributed by atoms with Crippen LogP contribution in [-0.2, 0) is 0 Å². The highest BCUT2D eigenvalue weighted by Gasteiger charge is 2.48. The zero-order chi connectivity index (χ0) is 23.8. The molecule has 1 saturated heterocycles. The Labute approximate surface area is 194 Å². The number of methoxy groups -OCH3 is 2. The fourth-order valence-electron chi connectivity index (χ4n) is 4.44. The summed E-state index contributed by atoms with van der Waals surface area (Å²) in [4.78, 5) is 14.7. The van der Waals surface area contributed by atoms with Gasteiger partial charge in [0, 0.05) is 19.5 Å². The average molecular weight is 487 g/mol. The lowest BCUT2D eigenvalue weighted by Crippen LogP contribution is -2.36. The van der Waals surface area contributed by atoms with E-state index < -0.39 is 24.2 Å². The van der Waals surface area contributed by atoms with Crippen LogP contribution in [0.4, 0.5) is 19.0 Å². The average Bonchev–Trinajstić information content (AvgIpc) is 2.96. The molecule has 2 aromatic rings. The number of carbonyl (C=O) groups is 1. The Balaban J connectivity index is 1.71. The van der Waals surface area contributed by atoms with Gasteiger partial charge < -0.3 is 19.7 Å². The number of carbonyl (C=O) groups excluding carboxylic acids is 1. The van der Waals surface area contributed by atoms with Gasteiger partial charge in [-0.15, -0.1) is 0 Å². The molecule has 2 atom stereocenters. The summed E-state index contributed by atoms with van der Waals surface area (Å²) in [5.41, 5.74) is 0.425. The third kappa shape index (κ3) is 4.58. The highest BCUT2D eigenvalue weighted by molar-refractivity contribution is 6.36. The standard InChI is InChI=1S/C22H26ClF3N4O3/c1-32-15-8-7-13(11-16(15)33-2)14-12-17(22(24,25)26)30-20(27-14)18(23)19(28-30)21(31)29-9-5-3-4-6-10-29/h7-8,11,14,17,27H,3-6,9-10,12H2,1-2H3. The third-order valence-corrected chi connectivity index (χ3v) is 6.56. The van der Waals surface area contributed by atoms with Gasteiger partial charge in [-0.3, -0.25) is 4.79 Å². The number of halogens is 4. The van der Waals surface area contributed by atoms with Gasteiger partial charge in [-0.1, -0.05) is 30.5 Å². The topological polar surface area (TPSA) is 68.6 Å². The van der Waals surface area contributed by atoms with E-state index in [1.807, 2.05) is 0 Å². The van der Waals surface area contributed by atoms with Crippen LogP contribution in [-0.4, -0.2) is 54.1 Å². The summed E-state index contributed by atoms with van der Waals surface area (Å²) in [5.74, 6) is 0.429. The predicted octanol–water partition coefficient (Wildman–Crippen LogP) is 5.23. The first-order chi connectivity index (χ1) is 15.7. The molecule has 33 heavy (non-hydrogen) atoms. The van der Waals surface area contributed by atoms with Crippen molar-refractivity contribution in [3.05, 3.63) is 34.5 Å². The maximum absolute atomic E-state index is 14.1. The molecule has 11 heteroatoms. The smallest absolute Gasteiger partial charge is 0.410 e. The molecular formula is C22H26ClF3N4O3. The molecule has 0 radical (unpaired) electrons. The Bertz CT molecular complexity index is 1020. The summed E-state index contributed by atoms with van der Waals surface area (Å²) in [5, 5.41) is 7.03. The Morgan fingerprint density at radius 2 is 1.79 bits per heavy atom. The summed E-state index contributed by atoms with van der Waals surface area (Å²) in [6, 6.07) is 2.29. The second kappa shape index (κ2) is 9.32. The molecule has 4 rings (SSSR count). The molecule has 1 amide bonds. The summed E-state index contributed by atoms with van der Waals surface area (Å²) >= 11 is 6.47. The summed E-state index contributed by atoms with van der Waals surface area (Å²) < 4.78 is 53.5. The van der Waals surface area contributed by atoms with Gasteiger partial charge in [0.15, 0.2) is 23.2 Å². The van der Waals surface area contributed by atoms with Gasteiger partial charge in [-0.05, 0) is 30.5 Å². The molecule has 1 fully saturated rings. The molecule has 2 unspecified atom stereocenters. The van der Waals surface area contributed by atoms with E-state index in [9.17, 15) is 18.0 Å². The Hall–Kier alpha value is -2.62. The first-order valence-corrected chi connectivity index (χ1v) is 11.2. The highest BCUT2D eigenvalue weighted by Crippen LogP contribution is 2.47. The largest absolute Gasteiger partial charge is 0.493 e. The molecule has 1 aromatic heterocycles. The molecule has 2 aliphatic rings. The number of fused-ring (bicyclic) bond motifs is 1. The normalized spacial score (nSPS) is 21.1. The van der Waals surface area contributed by atoms with E-state index in [0.717, 1.165) is 30.4 Å². The SMILES string of the molecule is COc1ccc(C2CC(C(F)(F)F)n3nc(C(=O)N4CCCCCC4)c(Cl)c3N2)cc1OC. The van der Waals surface area contributed by atoms with Crippen molar-refractivity contribution in [1.82, 2.24) is 14.7 Å². The van der Waals surface area contributed by atoms with Crippen molar-refractivity contribution >= 4 is 23.3 Å². The van der Waals surface area contributed by atoms with Gasteiger partial charge in [-0.25, -0.2) is 4.68 Å². The van der Waals surface area contributed by atoms with Crippen LogP contribution < -0.4 is 14.8 Å². The van der Waals surface area contributed by atoms with E-state index in [4.69, 9.17) is 21.1 Å². The van der Waals surface area contributed by atoms with Gasteiger partial charge in [0.05, 0.1) is 20.3 Å². The number of hydrogen-bond acceptors (Lipinski definition) is 5. The van der Waals surface area contributed by atoms with Crippen LogP contribution in [0, 0.1) is 0 Å². The number of benzene rings is 1. The molecule has 2 aliphatic heterocycles. The number of ether oxygens (including phenoxy) is 2. The monoisotopic (exact) mass is 486 g/mol. The molecule has 0 spiro atoms. The van der Waals surface area contributed by atoms with Gasteiger partial charge in [0.25, 0.3) is 5.91 Å². The van der Waals surface area contributed by atoms with Crippen molar-refractivity contribution in [1.29, 1.82) is 0 Å². The van der Waals surface area contributed by atoms with Gasteiger partial charge in [-0.2, -0.15) is 18.3 Å². The van der Waals surface area contributed by atoms with E-state index in [2.05, 4.69) is 10.4 Å². The lowest BCUT2D eigenvalue weighted by molar-refractivity contribution is -0.173. The minimum atomic E-state index is -4.58. The minimum Gasteiger partial charge on any atom is -0.493 e. The first kappa shape index (κ1) is 23.5. The summed E-state index contributed by atoms with van der Waals surface area (Å²) in [6.07, 6.45) is -1.17. The summed E-state index contributed by atoms with van der Waals surface area (Å²) in [7, 11) is 2.94. The molecule has 1 aromatic carbocycles. The fourth-order valence-corrected chi connectivity index (χ4v) is 4.70. The van der Waals surface area contributed by atoms with E-state index in [1.165, 1.54) is 14.2 Å². The van der Waals surface area contributed by atoms with E-state index in [-0.39, 0.29) is 23.0 Å². The molecule has 7 nitrogen and oxygen atoms in total. The number of aromatic nitrogens is 2. The van der Waals surface area contributed by atoms with E-state index >= 15 is 0 Å². The Morgan fingerprint density at radius 3 is 2.39 bits per heavy atom. The quantitative estimate of drug-likeness (QED) is 0.641. The number of hydrogen-bond donors (Lipinski definition) is 1. The van der Waals surface area contributed by atoms with Crippen molar-refractivity contribution in [2.75, 3.05) is 32.6 Å². The number of alkyl halides is 3. The molecule has 1 N–H and O–H groups in total. The second-order valence-corrected chi connectivity index (χ2v) is 8.64. The van der Waals surface area contributed by atoms with Crippen molar-refractivity contribution in [2.24, 2.45) is 0 Å². The number of likely N-dealkylation sites (tertiary alicyclic amines) is 1. The third-order valence-electron chi connectivity index (χ3n) is 6.20. The number of anilines is 1. The molecule has 0 saturated carbocycles. The molecule has 3 heterocycles. The number of amides is 1. The molecular weight excluding hydrogens is 461 g/mol. The predicted molar refractivity (Wildman–Crippen MR) is 117 cm³/mol. The highest BCUT2D eigenvalue weighted by atomic mass is 35.5. The van der Waals surface area contributed by atoms with Crippen LogP contribution in [0.2, 0.25) is 5.02 Å². The van der Waals surface area contributed by atoms with Gasteiger partial charge in [0.1, 0.15) is 10.8 Å². The fraction of sp³-hybridized carbons (Fsp3) is 0.545. The lowest BCUT2D eigenvalue weighted by Gasteiger charge is -2.33. The van der Waals surface area contributed by atoms with Crippen molar-refractivity contribution in [3.8, 4) is 11.5 Å². The van der Waals surface area contributed by atoms with Crippen LogP contribution in [0.25, 0.3) is 0 Å². The maximum atomic E-state index is 14.1. The zero-order valence-corrected chi connectivity index (χ0v) is 19.2. The van der Waals surface area contributed by atoms with Gasteiger partial charge >= 0.3 is 6.18 Å². The minimum absolute atomic E-state index is 0.0109. The number of rotatable bonds is 4. The van der Waals surface area contributed by atoms with Crippen molar-refractivity contribution in [2.45, 2.75) is 50.4 Å². The zero-order valence-electron chi connectivity index (χ0n) is 18.4. The Morgan fingerprint density at radius 1 is 1.12 bits per heavy atom. The number of nitrogens with one attached hydrogen (secondary N) is 1. The van der Waals surface area contributed by atoms with Crippen LogP contribution >= 0.6 is 11.6 Å². The number of nitrogens with zero attached hydrogens (tertiary/aromatic N) is 3. The van der Waals surface area contributed by atoms with Crippen LogP contribution in [0.5, 0.6) is 11.5 Å². The van der Waals surface area contributed by atoms with Crippen LogP contribution in [0.1, 0.15) is 60.2 Å². The van der Waals surface area contributed by atoms with E-state index in [0.29, 0.717) is 30.2 Å². The Kier molecular flexibility index (Phi) is 6.65.